The summed E-state index contributed by atoms with van der Waals surface area (Å²) >= 11 is 0. The van der Waals surface area contributed by atoms with E-state index in [1.165, 1.54) is 31.5 Å². The number of hydrogen-bond donors (Lipinski definition) is 0. The van der Waals surface area contributed by atoms with Crippen molar-refractivity contribution >= 4 is 0 Å². The van der Waals surface area contributed by atoms with Crippen LogP contribution in [0.3, 0.4) is 0 Å². The van der Waals surface area contributed by atoms with Gasteiger partial charge < -0.3 is 4.74 Å². The minimum atomic E-state index is 0.214. The number of fused-ring (bicyclic) bond motifs is 2. The van der Waals surface area contributed by atoms with Crippen LogP contribution in [-0.2, 0) is 16.7 Å². The third-order valence-corrected chi connectivity index (χ3v) is 7.35. The predicted molar refractivity (Wildman–Crippen MR) is 113 cm³/mol. The van der Waals surface area contributed by atoms with Gasteiger partial charge in [0, 0.05) is 31.2 Å². The summed E-state index contributed by atoms with van der Waals surface area (Å²) in [4.78, 5) is 5.43. The van der Waals surface area contributed by atoms with E-state index in [1.807, 2.05) is 0 Å². The molecule has 0 saturated carbocycles. The second-order valence-corrected chi connectivity index (χ2v) is 8.89. The quantitative estimate of drug-likeness (QED) is 0.787. The van der Waals surface area contributed by atoms with Gasteiger partial charge in [-0.2, -0.15) is 0 Å². The zero-order valence-corrected chi connectivity index (χ0v) is 17.0. The van der Waals surface area contributed by atoms with Gasteiger partial charge in [-0.15, -0.1) is 0 Å². The van der Waals surface area contributed by atoms with Crippen LogP contribution in [0.5, 0.6) is 0 Å². The van der Waals surface area contributed by atoms with Crippen LogP contribution in [0.1, 0.15) is 48.4 Å². The summed E-state index contributed by atoms with van der Waals surface area (Å²) < 4.78 is 5.85. The average molecular weight is 377 g/mol. The van der Waals surface area contributed by atoms with Gasteiger partial charge in [0.15, 0.2) is 0 Å². The van der Waals surface area contributed by atoms with E-state index in [9.17, 15) is 0 Å². The molecule has 2 aliphatic heterocycles. The molecule has 2 heterocycles. The van der Waals surface area contributed by atoms with Crippen molar-refractivity contribution in [2.24, 2.45) is 0 Å². The summed E-state index contributed by atoms with van der Waals surface area (Å²) in [6.07, 6.45) is 4.95. The molecule has 148 valence electrons. The lowest BCUT2D eigenvalue weighted by molar-refractivity contribution is -0.00910. The zero-order valence-electron chi connectivity index (χ0n) is 17.0. The zero-order chi connectivity index (χ0) is 19.0. The molecule has 0 bridgehead atoms. The normalized spacial score (nSPS) is 26.8. The summed E-state index contributed by atoms with van der Waals surface area (Å²) in [5.41, 5.74) is 4.80. The number of likely N-dealkylation sites (N-methyl/N-ethyl adjacent to an activating group) is 1. The Hall–Kier alpha value is -1.68. The molecule has 5 rings (SSSR count). The Morgan fingerprint density at radius 1 is 0.964 bits per heavy atom. The summed E-state index contributed by atoms with van der Waals surface area (Å²) in [7, 11) is 2.35. The molecule has 2 fully saturated rings. The van der Waals surface area contributed by atoms with Gasteiger partial charge in [0.1, 0.15) is 0 Å². The van der Waals surface area contributed by atoms with Crippen molar-refractivity contribution in [1.82, 2.24) is 9.80 Å². The van der Waals surface area contributed by atoms with Crippen LogP contribution in [0.25, 0.3) is 0 Å². The molecule has 0 N–H and O–H groups in total. The van der Waals surface area contributed by atoms with Crippen molar-refractivity contribution in [3.63, 3.8) is 0 Å². The molecule has 2 aromatic carbocycles. The molecule has 3 aliphatic rings. The number of hydrogen-bond acceptors (Lipinski definition) is 3. The lowest BCUT2D eigenvalue weighted by atomic mass is 9.71. The Bertz CT molecular complexity index is 793. The maximum atomic E-state index is 5.85. The minimum absolute atomic E-state index is 0.214. The second kappa shape index (κ2) is 7.62. The van der Waals surface area contributed by atoms with Crippen molar-refractivity contribution in [2.45, 2.75) is 49.7 Å². The molecular formula is C25H32N2O. The highest BCUT2D eigenvalue weighted by atomic mass is 16.5. The monoisotopic (exact) mass is 376 g/mol. The van der Waals surface area contributed by atoms with E-state index in [-0.39, 0.29) is 5.41 Å². The third kappa shape index (κ3) is 3.01. The van der Waals surface area contributed by atoms with Crippen molar-refractivity contribution in [3.05, 3.63) is 71.3 Å². The summed E-state index contributed by atoms with van der Waals surface area (Å²) in [6.45, 7) is 5.25. The highest BCUT2D eigenvalue weighted by Gasteiger charge is 2.55. The lowest BCUT2D eigenvalue weighted by Gasteiger charge is -2.47. The number of nitrogens with zero attached hydrogens (tertiary/aromatic N) is 2. The summed E-state index contributed by atoms with van der Waals surface area (Å²) in [6, 6.07) is 21.3. The number of benzene rings is 2. The van der Waals surface area contributed by atoms with E-state index in [1.54, 1.807) is 11.1 Å². The SMILES string of the molecule is CN(Cc1ccccc1)[C@@H]1[C@@H](N2CCCC2)c2ccccc2C12CCOCC2. The highest BCUT2D eigenvalue weighted by molar-refractivity contribution is 5.46. The number of rotatable bonds is 4. The van der Waals surface area contributed by atoms with E-state index in [4.69, 9.17) is 4.74 Å². The van der Waals surface area contributed by atoms with Crippen LogP contribution in [0.2, 0.25) is 0 Å². The Balaban J connectivity index is 1.57. The van der Waals surface area contributed by atoms with Crippen molar-refractivity contribution in [3.8, 4) is 0 Å². The Kier molecular flexibility index (Phi) is 5.00. The van der Waals surface area contributed by atoms with Crippen LogP contribution < -0.4 is 0 Å². The molecule has 3 nitrogen and oxygen atoms in total. The molecule has 0 radical (unpaired) electrons. The first-order chi connectivity index (χ1) is 13.8. The van der Waals surface area contributed by atoms with Gasteiger partial charge in [0.25, 0.3) is 0 Å². The van der Waals surface area contributed by atoms with Crippen LogP contribution in [0, 0.1) is 0 Å². The van der Waals surface area contributed by atoms with Gasteiger partial charge in [-0.05, 0) is 62.5 Å². The fourth-order valence-electron chi connectivity index (χ4n) is 6.19. The Morgan fingerprint density at radius 3 is 2.39 bits per heavy atom. The molecule has 28 heavy (non-hydrogen) atoms. The maximum Gasteiger partial charge on any atom is 0.0515 e. The first-order valence-electron chi connectivity index (χ1n) is 10.9. The standard InChI is InChI=1S/C25H32N2O/c1-26(19-20-9-3-2-4-10-20)24-23(27-15-7-8-16-27)21-11-5-6-12-22(21)25(24)13-17-28-18-14-25/h2-6,9-12,23-24H,7-8,13-19H2,1H3/t23-,24+/m0/s1. The van der Waals surface area contributed by atoms with Crippen molar-refractivity contribution in [1.29, 1.82) is 0 Å². The summed E-state index contributed by atoms with van der Waals surface area (Å²) in [5.74, 6) is 0. The smallest absolute Gasteiger partial charge is 0.0515 e. The van der Waals surface area contributed by atoms with Gasteiger partial charge in [-0.1, -0.05) is 54.6 Å². The molecule has 2 atom stereocenters. The molecule has 3 heteroatoms. The van der Waals surface area contributed by atoms with Crippen LogP contribution in [0.4, 0.5) is 0 Å². The predicted octanol–water partition coefficient (Wildman–Crippen LogP) is 4.39. The molecule has 1 spiro atoms. The van der Waals surface area contributed by atoms with Crippen molar-refractivity contribution < 1.29 is 4.74 Å². The van der Waals surface area contributed by atoms with E-state index >= 15 is 0 Å². The second-order valence-electron chi connectivity index (χ2n) is 8.89. The Morgan fingerprint density at radius 2 is 1.64 bits per heavy atom. The lowest BCUT2D eigenvalue weighted by Crippen LogP contribution is -2.53. The molecule has 1 aliphatic carbocycles. The van der Waals surface area contributed by atoms with Gasteiger partial charge in [-0.25, -0.2) is 0 Å². The average Bonchev–Trinajstić information content (AvgIpc) is 3.35. The molecule has 0 amide bonds. The largest absolute Gasteiger partial charge is 0.381 e. The number of likely N-dealkylation sites (tertiary alicyclic amines) is 1. The summed E-state index contributed by atoms with van der Waals surface area (Å²) in [5, 5.41) is 0. The first kappa shape index (κ1) is 18.4. The van der Waals surface area contributed by atoms with E-state index in [0.717, 1.165) is 32.6 Å². The fourth-order valence-corrected chi connectivity index (χ4v) is 6.19. The molecule has 0 aromatic heterocycles. The number of ether oxygens (including phenoxy) is 1. The fraction of sp³-hybridized carbons (Fsp3) is 0.520. The van der Waals surface area contributed by atoms with Gasteiger partial charge in [0.2, 0.25) is 0 Å². The van der Waals surface area contributed by atoms with E-state index in [0.29, 0.717) is 12.1 Å². The van der Waals surface area contributed by atoms with E-state index < -0.39 is 0 Å². The molecule has 0 unspecified atom stereocenters. The Labute approximate surface area is 169 Å². The van der Waals surface area contributed by atoms with Crippen LogP contribution in [-0.4, -0.2) is 49.2 Å². The van der Waals surface area contributed by atoms with Crippen LogP contribution >= 0.6 is 0 Å². The van der Waals surface area contributed by atoms with Gasteiger partial charge >= 0.3 is 0 Å². The van der Waals surface area contributed by atoms with Gasteiger partial charge in [0.05, 0.1) is 6.04 Å². The topological polar surface area (TPSA) is 15.7 Å². The third-order valence-electron chi connectivity index (χ3n) is 7.35. The molecule has 2 saturated heterocycles. The van der Waals surface area contributed by atoms with E-state index in [2.05, 4.69) is 71.4 Å². The minimum Gasteiger partial charge on any atom is -0.381 e. The first-order valence-corrected chi connectivity index (χ1v) is 10.9. The van der Waals surface area contributed by atoms with Gasteiger partial charge in [-0.3, -0.25) is 9.80 Å². The highest BCUT2D eigenvalue weighted by Crippen LogP contribution is 2.55. The van der Waals surface area contributed by atoms with Crippen molar-refractivity contribution in [2.75, 3.05) is 33.4 Å². The maximum absolute atomic E-state index is 5.85. The molecule has 2 aromatic rings. The molecular weight excluding hydrogens is 344 g/mol. The van der Waals surface area contributed by atoms with Crippen LogP contribution in [0.15, 0.2) is 54.6 Å².